The number of anilines is 1. The number of likely N-dealkylation sites (tertiary alicyclic amines) is 2. The number of piperidine rings is 2. The van der Waals surface area contributed by atoms with Gasteiger partial charge in [0.1, 0.15) is 29.7 Å². The van der Waals surface area contributed by atoms with E-state index in [-0.39, 0.29) is 23.5 Å². The first-order valence-corrected chi connectivity index (χ1v) is 16.2. The van der Waals surface area contributed by atoms with Gasteiger partial charge in [0.05, 0.1) is 17.7 Å². The number of nitriles is 1. The summed E-state index contributed by atoms with van der Waals surface area (Å²) in [4.78, 5) is 33.5. The van der Waals surface area contributed by atoms with E-state index in [1.807, 2.05) is 19.9 Å². The van der Waals surface area contributed by atoms with Crippen molar-refractivity contribution in [2.45, 2.75) is 83.4 Å². The van der Waals surface area contributed by atoms with Crippen molar-refractivity contribution < 1.29 is 28.0 Å². The Morgan fingerprint density at radius 3 is 2.42 bits per heavy atom. The number of carbonyl (C=O) groups is 2. The van der Waals surface area contributed by atoms with Gasteiger partial charge in [0.15, 0.2) is 11.6 Å². The molecule has 0 spiro atoms. The second kappa shape index (κ2) is 14.3. The van der Waals surface area contributed by atoms with Crippen molar-refractivity contribution in [3.05, 3.63) is 46.7 Å². The Labute approximate surface area is 263 Å². The first-order chi connectivity index (χ1) is 21.5. The molecule has 2 aromatic rings. The maximum absolute atomic E-state index is 14.6. The highest BCUT2D eigenvalue weighted by molar-refractivity contribution is 5.91. The first-order valence-electron chi connectivity index (χ1n) is 16.2. The third kappa shape index (κ3) is 7.47. The van der Waals surface area contributed by atoms with Crippen molar-refractivity contribution in [2.75, 3.05) is 44.2 Å². The fraction of sp³-hybridized carbons (Fsp3) is 0.636. The summed E-state index contributed by atoms with van der Waals surface area (Å²) in [7, 11) is 0. The van der Waals surface area contributed by atoms with Gasteiger partial charge in [-0.15, -0.1) is 0 Å². The molecule has 1 aromatic heterocycles. The van der Waals surface area contributed by atoms with Crippen molar-refractivity contribution >= 4 is 17.6 Å². The smallest absolute Gasteiger partial charge is 0.243 e. The molecule has 0 bridgehead atoms. The maximum atomic E-state index is 14.6. The molecule has 2 amide bonds. The maximum Gasteiger partial charge on any atom is 0.243 e. The lowest BCUT2D eigenvalue weighted by Crippen LogP contribution is -2.48. The molecule has 12 heteroatoms. The second-order valence-corrected chi connectivity index (χ2v) is 13.2. The van der Waals surface area contributed by atoms with Crippen LogP contribution < -0.4 is 10.2 Å². The Morgan fingerprint density at radius 2 is 1.76 bits per heavy atom. The van der Waals surface area contributed by atoms with Crippen molar-refractivity contribution in [2.24, 2.45) is 11.8 Å². The van der Waals surface area contributed by atoms with E-state index in [1.165, 1.54) is 6.92 Å². The molecule has 45 heavy (non-hydrogen) atoms. The highest BCUT2D eigenvalue weighted by atomic mass is 19.1. The van der Waals surface area contributed by atoms with E-state index in [9.17, 15) is 23.5 Å². The van der Waals surface area contributed by atoms with Gasteiger partial charge >= 0.3 is 0 Å². The van der Waals surface area contributed by atoms with Crippen LogP contribution in [0.3, 0.4) is 0 Å². The largest absolute Gasteiger partial charge is 0.393 e. The number of aromatic nitrogens is 1. The zero-order chi connectivity index (χ0) is 32.2. The summed E-state index contributed by atoms with van der Waals surface area (Å²) in [6, 6.07) is 3.58. The zero-order valence-corrected chi connectivity index (χ0v) is 26.3. The number of amides is 2. The number of benzene rings is 1. The average Bonchev–Trinajstić information content (AvgIpc) is 3.70. The van der Waals surface area contributed by atoms with Crippen molar-refractivity contribution in [3.63, 3.8) is 0 Å². The fourth-order valence-corrected chi connectivity index (χ4v) is 6.97. The Morgan fingerprint density at radius 1 is 1.04 bits per heavy atom. The number of nitrogens with one attached hydrogen (secondary N) is 1. The molecule has 244 valence electrons. The minimum absolute atomic E-state index is 0.0691. The van der Waals surface area contributed by atoms with E-state index in [0.717, 1.165) is 70.5 Å². The van der Waals surface area contributed by atoms with Crippen LogP contribution in [0.2, 0.25) is 0 Å². The van der Waals surface area contributed by atoms with E-state index in [4.69, 9.17) is 9.78 Å². The molecule has 3 fully saturated rings. The average molecular weight is 627 g/mol. The van der Waals surface area contributed by atoms with Crippen LogP contribution >= 0.6 is 0 Å². The van der Waals surface area contributed by atoms with Crippen molar-refractivity contribution in [1.29, 1.82) is 5.26 Å². The van der Waals surface area contributed by atoms with Crippen LogP contribution in [0.5, 0.6) is 0 Å². The number of rotatable bonds is 9. The van der Waals surface area contributed by atoms with Gasteiger partial charge in [-0.3, -0.25) is 9.59 Å². The van der Waals surface area contributed by atoms with Gasteiger partial charge in [0.2, 0.25) is 11.8 Å². The topological polar surface area (TPSA) is 126 Å². The minimum atomic E-state index is -0.869. The van der Waals surface area contributed by atoms with E-state index in [1.54, 1.807) is 11.0 Å². The highest BCUT2D eigenvalue weighted by Gasteiger charge is 2.41. The van der Waals surface area contributed by atoms with Gasteiger partial charge in [-0.25, -0.2) is 8.78 Å². The summed E-state index contributed by atoms with van der Waals surface area (Å²) < 4.78 is 34.5. The van der Waals surface area contributed by atoms with Gasteiger partial charge < -0.3 is 29.6 Å². The minimum Gasteiger partial charge on any atom is -0.393 e. The molecule has 3 atom stereocenters. The molecule has 2 unspecified atom stereocenters. The number of aliphatic hydroxyl groups is 1. The molecule has 3 aliphatic rings. The van der Waals surface area contributed by atoms with Gasteiger partial charge in [-0.2, -0.15) is 5.26 Å². The lowest BCUT2D eigenvalue weighted by atomic mass is 9.91. The molecule has 3 saturated heterocycles. The van der Waals surface area contributed by atoms with Crippen LogP contribution in [-0.4, -0.2) is 83.3 Å². The quantitative estimate of drug-likeness (QED) is 0.426. The Bertz CT molecular complexity index is 1390. The highest BCUT2D eigenvalue weighted by Crippen LogP contribution is 2.34. The summed E-state index contributed by atoms with van der Waals surface area (Å²) in [6.07, 6.45) is 4.69. The third-order valence-corrected chi connectivity index (χ3v) is 9.64. The molecule has 10 nitrogen and oxygen atoms in total. The van der Waals surface area contributed by atoms with Crippen LogP contribution in [-0.2, 0) is 9.59 Å². The number of halogens is 2. The number of hydrogen-bond donors (Lipinski definition) is 2. The number of aliphatic hydroxyl groups excluding tert-OH is 1. The predicted octanol–water partition coefficient (Wildman–Crippen LogP) is 4.11. The molecule has 5 rings (SSSR count). The fourth-order valence-electron chi connectivity index (χ4n) is 6.97. The Hall–Kier alpha value is -3.56. The molecule has 0 saturated carbocycles. The number of nitrogens with zero attached hydrogens (tertiary/aromatic N) is 5. The van der Waals surface area contributed by atoms with Crippen LogP contribution in [0.15, 0.2) is 22.7 Å². The van der Waals surface area contributed by atoms with Gasteiger partial charge in [-0.1, -0.05) is 19.0 Å². The third-order valence-electron chi connectivity index (χ3n) is 9.64. The standard InChI is InChI=1S/C33H44F2N6O4/c1-20(2)31(29-17-30(38-45-29)40-13-6-22(7-14-40)19-39-11-8-24(42)9-12-39)33(44)41-10-4-5-28(41)32(43)37-21(3)25-16-26(34)23(18-36)15-27(25)35/h15-17,20-22,24,28,31,42H,4-14,19H2,1-3H3,(H,37,43)/t21-,28?,31?/m1/s1. The summed E-state index contributed by atoms with van der Waals surface area (Å²) in [6.45, 7) is 10.5. The van der Waals surface area contributed by atoms with E-state index < -0.39 is 41.1 Å². The Kier molecular flexibility index (Phi) is 10.4. The van der Waals surface area contributed by atoms with Crippen LogP contribution in [0.1, 0.15) is 88.1 Å². The van der Waals surface area contributed by atoms with E-state index in [0.29, 0.717) is 36.9 Å². The van der Waals surface area contributed by atoms with Crippen LogP contribution in [0.4, 0.5) is 14.6 Å². The lowest BCUT2D eigenvalue weighted by Gasteiger charge is -2.36. The second-order valence-electron chi connectivity index (χ2n) is 13.2. The molecule has 2 N–H and O–H groups in total. The molecule has 3 aliphatic heterocycles. The van der Waals surface area contributed by atoms with Crippen LogP contribution in [0, 0.1) is 34.8 Å². The van der Waals surface area contributed by atoms with Crippen LogP contribution in [0.25, 0.3) is 0 Å². The van der Waals surface area contributed by atoms with Gasteiger partial charge in [0.25, 0.3) is 0 Å². The molecular formula is C33H44F2N6O4. The van der Waals surface area contributed by atoms with Gasteiger partial charge in [-0.05, 0) is 69.4 Å². The molecule has 0 aliphatic carbocycles. The van der Waals surface area contributed by atoms with Gasteiger partial charge in [0, 0.05) is 50.9 Å². The van der Waals surface area contributed by atoms with E-state index >= 15 is 0 Å². The monoisotopic (exact) mass is 626 g/mol. The molecule has 1 aromatic carbocycles. The predicted molar refractivity (Wildman–Crippen MR) is 163 cm³/mol. The SMILES string of the molecule is CC(C)C(C(=O)N1CCCC1C(=O)N[C@H](C)c1cc(F)c(C#N)cc1F)c1cc(N2CCC(CN3CCC(O)CC3)CC2)no1. The summed E-state index contributed by atoms with van der Waals surface area (Å²) >= 11 is 0. The molecule has 4 heterocycles. The molecule has 0 radical (unpaired) electrons. The first kappa shape index (κ1) is 32.8. The summed E-state index contributed by atoms with van der Waals surface area (Å²) in [5.41, 5.74) is -0.475. The normalized spacial score (nSPS) is 21.6. The zero-order valence-electron chi connectivity index (χ0n) is 26.3. The summed E-state index contributed by atoms with van der Waals surface area (Å²) in [5, 5.41) is 25.8. The summed E-state index contributed by atoms with van der Waals surface area (Å²) in [5.74, 6) is -1.28. The van der Waals surface area contributed by atoms with Crippen molar-refractivity contribution in [1.82, 2.24) is 20.3 Å². The van der Waals surface area contributed by atoms with E-state index in [2.05, 4.69) is 20.3 Å². The van der Waals surface area contributed by atoms with Crippen molar-refractivity contribution in [3.8, 4) is 6.07 Å². The molecular weight excluding hydrogens is 582 g/mol. The Balaban J connectivity index is 1.20. The lowest BCUT2D eigenvalue weighted by molar-refractivity contribution is -0.141. The number of hydrogen-bond acceptors (Lipinski definition) is 8. The number of carbonyl (C=O) groups excluding carboxylic acids is 2.